The Morgan fingerprint density at radius 3 is 2.17 bits per heavy atom. The molecule has 0 saturated heterocycles. The van der Waals surface area contributed by atoms with Crippen molar-refractivity contribution in [1.82, 2.24) is 15.5 Å². The quantitative estimate of drug-likeness (QED) is 0.229. The van der Waals surface area contributed by atoms with E-state index in [0.29, 0.717) is 38.0 Å². The predicted octanol–water partition coefficient (Wildman–Crippen LogP) is 2.84. The van der Waals surface area contributed by atoms with Gasteiger partial charge in [0.15, 0.2) is 0 Å². The van der Waals surface area contributed by atoms with E-state index in [0.717, 1.165) is 11.1 Å². The number of rotatable bonds is 15. The van der Waals surface area contributed by atoms with Crippen LogP contribution in [0.5, 0.6) is 0 Å². The number of likely N-dealkylation sites (N-methyl/N-ethyl adjacent to an activating group) is 2. The third-order valence-electron chi connectivity index (χ3n) is 6.62. The van der Waals surface area contributed by atoms with E-state index >= 15 is 0 Å². The van der Waals surface area contributed by atoms with Gasteiger partial charge < -0.3 is 26.0 Å². The molecule has 0 radical (unpaired) electrons. The average Bonchev–Trinajstić information content (AvgIpc) is 2.92. The van der Waals surface area contributed by atoms with Crippen molar-refractivity contribution < 1.29 is 23.9 Å². The van der Waals surface area contributed by atoms with Gasteiger partial charge in [0.1, 0.15) is 18.7 Å². The van der Waals surface area contributed by atoms with Gasteiger partial charge in [-0.1, -0.05) is 56.3 Å². The highest BCUT2D eigenvalue weighted by Crippen LogP contribution is 2.18. The fourth-order valence-corrected chi connectivity index (χ4v) is 4.49. The average molecular weight is 554 g/mol. The summed E-state index contributed by atoms with van der Waals surface area (Å²) in [4.78, 5) is 52.0. The molecule has 2 rings (SSSR count). The Kier molecular flexibility index (Phi) is 13.1. The van der Waals surface area contributed by atoms with Crippen molar-refractivity contribution in [3.63, 3.8) is 0 Å². The zero-order chi connectivity index (χ0) is 29.7. The molecule has 2 atom stereocenters. The summed E-state index contributed by atoms with van der Waals surface area (Å²) >= 11 is 0. The largest absolute Gasteiger partial charge is 0.460 e. The molecule has 2 unspecified atom stereocenters. The molecule has 218 valence electrons. The van der Waals surface area contributed by atoms with E-state index < -0.39 is 12.1 Å². The molecule has 0 bridgehead atoms. The van der Waals surface area contributed by atoms with Crippen molar-refractivity contribution in [2.24, 2.45) is 11.7 Å². The molecular weight excluding hydrogens is 510 g/mol. The van der Waals surface area contributed by atoms with Crippen LogP contribution in [0.4, 0.5) is 10.5 Å². The number of ether oxygens (including phenoxy) is 1. The van der Waals surface area contributed by atoms with Gasteiger partial charge in [0.2, 0.25) is 11.8 Å². The summed E-state index contributed by atoms with van der Waals surface area (Å²) in [6.07, 6.45) is 1.56. The van der Waals surface area contributed by atoms with Crippen LogP contribution in [-0.2, 0) is 32.1 Å². The van der Waals surface area contributed by atoms with Gasteiger partial charge in [-0.3, -0.25) is 19.3 Å². The zero-order valence-corrected chi connectivity index (χ0v) is 24.2. The van der Waals surface area contributed by atoms with Crippen molar-refractivity contribution in [3.8, 4) is 0 Å². The Bertz CT molecular complexity index is 1110. The second-order valence-corrected chi connectivity index (χ2v) is 10.3. The number of benzene rings is 2. The summed E-state index contributed by atoms with van der Waals surface area (Å²) in [5.74, 6) is -0.720. The molecule has 40 heavy (non-hydrogen) atoms. The summed E-state index contributed by atoms with van der Waals surface area (Å²) in [5, 5.41) is 5.18. The lowest BCUT2D eigenvalue weighted by molar-refractivity contribution is -0.152. The van der Waals surface area contributed by atoms with Gasteiger partial charge in [0.25, 0.3) is 0 Å². The number of carbonyl (C=O) groups excluding carboxylic acids is 4. The highest BCUT2D eigenvalue weighted by molar-refractivity contribution is 5.98. The molecule has 2 aromatic carbocycles. The summed E-state index contributed by atoms with van der Waals surface area (Å²) in [6, 6.07) is 15.5. The van der Waals surface area contributed by atoms with Gasteiger partial charge in [-0.15, -0.1) is 0 Å². The second kappa shape index (κ2) is 16.2. The first-order chi connectivity index (χ1) is 19.0. The van der Waals surface area contributed by atoms with Gasteiger partial charge in [0.05, 0.1) is 0 Å². The van der Waals surface area contributed by atoms with Crippen molar-refractivity contribution >= 4 is 29.5 Å². The number of amides is 4. The van der Waals surface area contributed by atoms with Crippen LogP contribution in [0.25, 0.3) is 0 Å². The third kappa shape index (κ3) is 10.7. The summed E-state index contributed by atoms with van der Waals surface area (Å²) in [5.41, 5.74) is 7.79. The highest BCUT2D eigenvalue weighted by atomic mass is 16.5. The molecule has 0 fully saturated rings. The van der Waals surface area contributed by atoms with E-state index in [1.165, 1.54) is 11.8 Å². The van der Waals surface area contributed by atoms with E-state index in [-0.39, 0.29) is 36.4 Å². The SMILES string of the molecule is CC(=O)NC(CCCNC(N)=O)C(=O)N(C)c1ccc(CCN(C)C(C(=O)OCc2ccccc2)C(C)C)cc1. The van der Waals surface area contributed by atoms with Gasteiger partial charge in [0, 0.05) is 32.7 Å². The van der Waals surface area contributed by atoms with E-state index in [1.807, 2.05) is 80.4 Å². The molecule has 0 aliphatic carbocycles. The van der Waals surface area contributed by atoms with Crippen LogP contribution in [0.15, 0.2) is 54.6 Å². The van der Waals surface area contributed by atoms with Crippen molar-refractivity contribution in [2.45, 2.75) is 58.7 Å². The van der Waals surface area contributed by atoms with Crippen LogP contribution in [0.1, 0.15) is 44.7 Å². The van der Waals surface area contributed by atoms with E-state index in [9.17, 15) is 19.2 Å². The number of nitrogens with zero attached hydrogens (tertiary/aromatic N) is 2. The molecule has 0 heterocycles. The van der Waals surface area contributed by atoms with Crippen LogP contribution in [-0.4, -0.2) is 68.0 Å². The predicted molar refractivity (Wildman–Crippen MR) is 155 cm³/mol. The van der Waals surface area contributed by atoms with Crippen molar-refractivity contribution in [1.29, 1.82) is 0 Å². The minimum Gasteiger partial charge on any atom is -0.460 e. The van der Waals surface area contributed by atoms with E-state index in [1.54, 1.807) is 7.05 Å². The maximum Gasteiger partial charge on any atom is 0.323 e. The van der Waals surface area contributed by atoms with Gasteiger partial charge in [-0.05, 0) is 55.5 Å². The van der Waals surface area contributed by atoms with Crippen molar-refractivity contribution in [3.05, 3.63) is 65.7 Å². The second-order valence-electron chi connectivity index (χ2n) is 10.3. The normalized spacial score (nSPS) is 12.5. The summed E-state index contributed by atoms with van der Waals surface area (Å²) < 4.78 is 5.61. The first-order valence-corrected chi connectivity index (χ1v) is 13.6. The number of nitrogens with one attached hydrogen (secondary N) is 2. The molecule has 10 heteroatoms. The molecule has 10 nitrogen and oxygen atoms in total. The van der Waals surface area contributed by atoms with Crippen molar-refractivity contribution in [2.75, 3.05) is 32.1 Å². The summed E-state index contributed by atoms with van der Waals surface area (Å²) in [7, 11) is 3.59. The molecule has 0 aliphatic rings. The van der Waals surface area contributed by atoms with Crippen LogP contribution >= 0.6 is 0 Å². The lowest BCUT2D eigenvalue weighted by Gasteiger charge is -2.29. The van der Waals surface area contributed by atoms with Crippen LogP contribution in [0, 0.1) is 5.92 Å². The Balaban J connectivity index is 1.94. The maximum absolute atomic E-state index is 13.1. The first kappa shape index (κ1) is 32.3. The standard InChI is InChI=1S/C30H43N5O5/c1-21(2)27(29(38)40-20-24-10-7-6-8-11-24)34(4)19-17-23-13-15-25(16-14-23)35(5)28(37)26(33-22(3)36)12-9-18-32-30(31)39/h6-8,10-11,13-16,21,26-27H,9,12,17-20H2,1-5H3,(H,33,36)(H3,31,32,39). The Morgan fingerprint density at radius 1 is 0.950 bits per heavy atom. The third-order valence-corrected chi connectivity index (χ3v) is 6.62. The maximum atomic E-state index is 13.1. The fraction of sp³-hybridized carbons (Fsp3) is 0.467. The lowest BCUT2D eigenvalue weighted by Crippen LogP contribution is -2.47. The molecule has 0 spiro atoms. The Hall–Kier alpha value is -3.92. The molecular formula is C30H43N5O5. The van der Waals surface area contributed by atoms with Gasteiger partial charge in [-0.2, -0.15) is 0 Å². The van der Waals surface area contributed by atoms with Crippen LogP contribution in [0.3, 0.4) is 0 Å². The van der Waals surface area contributed by atoms with E-state index in [2.05, 4.69) is 10.6 Å². The monoisotopic (exact) mass is 553 g/mol. The summed E-state index contributed by atoms with van der Waals surface area (Å²) in [6.45, 7) is 6.59. The first-order valence-electron chi connectivity index (χ1n) is 13.6. The number of esters is 1. The fourth-order valence-electron chi connectivity index (χ4n) is 4.49. The lowest BCUT2D eigenvalue weighted by atomic mass is 10.0. The van der Waals surface area contributed by atoms with Gasteiger partial charge >= 0.3 is 12.0 Å². The minimum absolute atomic E-state index is 0.0819. The molecule has 4 amide bonds. The topological polar surface area (TPSA) is 134 Å². The number of hydrogen-bond acceptors (Lipinski definition) is 6. The number of primary amides is 1. The van der Waals surface area contributed by atoms with Crippen LogP contribution < -0.4 is 21.3 Å². The number of nitrogens with two attached hydrogens (primary N) is 1. The molecule has 0 aromatic heterocycles. The number of anilines is 1. The minimum atomic E-state index is -0.722. The van der Waals surface area contributed by atoms with Crippen LogP contribution in [0.2, 0.25) is 0 Å². The highest BCUT2D eigenvalue weighted by Gasteiger charge is 2.28. The Labute approximate surface area is 237 Å². The Morgan fingerprint density at radius 2 is 1.60 bits per heavy atom. The smallest absolute Gasteiger partial charge is 0.323 e. The number of urea groups is 1. The van der Waals surface area contributed by atoms with E-state index in [4.69, 9.17) is 10.5 Å². The number of carbonyl (C=O) groups is 4. The molecule has 0 saturated carbocycles. The number of hydrogen-bond donors (Lipinski definition) is 3. The molecule has 4 N–H and O–H groups in total. The van der Waals surface area contributed by atoms with Gasteiger partial charge in [-0.25, -0.2) is 4.79 Å². The molecule has 2 aromatic rings. The zero-order valence-electron chi connectivity index (χ0n) is 24.2. The molecule has 0 aliphatic heterocycles.